The molecule has 0 saturated heterocycles. The lowest BCUT2D eigenvalue weighted by Crippen LogP contribution is -2.26. The lowest BCUT2D eigenvalue weighted by molar-refractivity contribution is 0.528. The fraction of sp³-hybridized carbons (Fsp3) is 0.222. The molecule has 0 fully saturated rings. The van der Waals surface area contributed by atoms with E-state index in [1.54, 1.807) is 19.2 Å². The van der Waals surface area contributed by atoms with Crippen LogP contribution < -0.4 is 15.2 Å². The molecule has 0 aliphatic carbocycles. The van der Waals surface area contributed by atoms with Gasteiger partial charge in [-0.1, -0.05) is 0 Å². The maximum absolute atomic E-state index is 11.3. The van der Waals surface area contributed by atoms with E-state index in [1.807, 2.05) is 0 Å². The summed E-state index contributed by atoms with van der Waals surface area (Å²) in [4.78, 5) is 11.2. The van der Waals surface area contributed by atoms with Gasteiger partial charge in [0.1, 0.15) is 0 Å². The van der Waals surface area contributed by atoms with Crippen molar-refractivity contribution < 1.29 is 12.8 Å². The van der Waals surface area contributed by atoms with Crippen LogP contribution in [0.2, 0.25) is 0 Å². The van der Waals surface area contributed by atoms with E-state index in [1.165, 1.54) is 17.7 Å². The summed E-state index contributed by atoms with van der Waals surface area (Å²) in [7, 11) is -0.701. The molecule has 0 amide bonds. The summed E-state index contributed by atoms with van der Waals surface area (Å²) in [6.45, 7) is 0. The third-order valence-corrected chi connectivity index (χ3v) is 3.36. The smallest absolute Gasteiger partial charge is 0.408 e. The van der Waals surface area contributed by atoms with E-state index in [4.69, 9.17) is 4.42 Å². The maximum Gasteiger partial charge on any atom is 0.419 e. The van der Waals surface area contributed by atoms with Gasteiger partial charge >= 0.3 is 5.76 Å². The molecule has 1 heterocycles. The van der Waals surface area contributed by atoms with Crippen molar-refractivity contribution in [1.82, 2.24) is 9.29 Å². The molecule has 17 heavy (non-hydrogen) atoms. The Bertz CT molecular complexity index is 713. The van der Waals surface area contributed by atoms with Crippen molar-refractivity contribution in [2.75, 3.05) is 11.8 Å². The second-order valence-electron chi connectivity index (χ2n) is 3.42. The molecule has 0 atom stereocenters. The first-order valence-electron chi connectivity index (χ1n) is 4.74. The molecule has 0 unspecified atom stereocenters. The SMILES string of the molecule is CNS(=O)(=O)Nc1ccc2c(c1)oc(=O)n2C. The fourth-order valence-electron chi connectivity index (χ4n) is 1.40. The quantitative estimate of drug-likeness (QED) is 0.809. The van der Waals surface area contributed by atoms with Gasteiger partial charge in [0.15, 0.2) is 5.58 Å². The van der Waals surface area contributed by atoms with Crippen LogP contribution in [-0.4, -0.2) is 20.0 Å². The molecule has 0 aliphatic rings. The minimum absolute atomic E-state index is 0.321. The summed E-state index contributed by atoms with van der Waals surface area (Å²) in [6, 6.07) is 4.60. The molecule has 0 saturated carbocycles. The topological polar surface area (TPSA) is 93.3 Å². The Balaban J connectivity index is 2.49. The highest BCUT2D eigenvalue weighted by Crippen LogP contribution is 2.18. The Morgan fingerprint density at radius 2 is 2.06 bits per heavy atom. The number of hydrogen-bond donors (Lipinski definition) is 2. The van der Waals surface area contributed by atoms with Crippen LogP contribution in [0.4, 0.5) is 5.69 Å². The zero-order chi connectivity index (χ0) is 12.6. The lowest BCUT2D eigenvalue weighted by atomic mass is 10.3. The van der Waals surface area contributed by atoms with Gasteiger partial charge in [0.05, 0.1) is 11.2 Å². The summed E-state index contributed by atoms with van der Waals surface area (Å²) in [5.74, 6) is -0.492. The molecule has 0 radical (unpaired) electrons. The Kier molecular flexibility index (Phi) is 2.68. The van der Waals surface area contributed by atoms with Crippen LogP contribution in [0.5, 0.6) is 0 Å². The lowest BCUT2D eigenvalue weighted by Gasteiger charge is -2.05. The van der Waals surface area contributed by atoms with Gasteiger partial charge in [-0.05, 0) is 12.1 Å². The van der Waals surface area contributed by atoms with Crippen LogP contribution in [0.1, 0.15) is 0 Å². The average molecular weight is 257 g/mol. The normalized spacial score (nSPS) is 11.9. The third kappa shape index (κ3) is 2.17. The predicted molar refractivity (Wildman–Crippen MR) is 63.1 cm³/mol. The Labute approximate surface area is 97.2 Å². The summed E-state index contributed by atoms with van der Waals surface area (Å²) in [6.07, 6.45) is 0. The molecule has 92 valence electrons. The van der Waals surface area contributed by atoms with Crippen LogP contribution in [0.25, 0.3) is 11.1 Å². The van der Waals surface area contributed by atoms with E-state index >= 15 is 0 Å². The van der Waals surface area contributed by atoms with Crippen molar-refractivity contribution in [3.05, 3.63) is 28.7 Å². The number of anilines is 1. The van der Waals surface area contributed by atoms with Crippen molar-refractivity contribution in [2.45, 2.75) is 0 Å². The number of rotatable bonds is 3. The molecule has 1 aromatic heterocycles. The van der Waals surface area contributed by atoms with Gasteiger partial charge in [-0.15, -0.1) is 0 Å². The standard InChI is InChI=1S/C9H11N3O4S/c1-10-17(14,15)11-6-3-4-7-8(5-6)16-9(13)12(7)2/h3-5,10-11H,1-2H3. The Morgan fingerprint density at radius 3 is 2.71 bits per heavy atom. The largest absolute Gasteiger partial charge is 0.419 e. The van der Waals surface area contributed by atoms with Crippen LogP contribution in [0.15, 0.2) is 27.4 Å². The Morgan fingerprint density at radius 1 is 1.35 bits per heavy atom. The first-order valence-corrected chi connectivity index (χ1v) is 6.22. The number of nitrogens with one attached hydrogen (secondary N) is 2. The molecule has 0 aliphatic heterocycles. The number of aryl methyl sites for hydroxylation is 1. The van der Waals surface area contributed by atoms with Gasteiger partial charge in [0.2, 0.25) is 0 Å². The molecule has 2 N–H and O–H groups in total. The first kappa shape index (κ1) is 11.7. The zero-order valence-corrected chi connectivity index (χ0v) is 10.0. The van der Waals surface area contributed by atoms with Crippen molar-refractivity contribution in [3.8, 4) is 0 Å². The highest BCUT2D eigenvalue weighted by atomic mass is 32.2. The molecule has 0 spiro atoms. The van der Waals surface area contributed by atoms with Crippen LogP contribution >= 0.6 is 0 Å². The van der Waals surface area contributed by atoms with E-state index in [0.717, 1.165) is 0 Å². The molecular formula is C9H11N3O4S. The molecule has 2 rings (SSSR count). The van der Waals surface area contributed by atoms with Gasteiger partial charge in [-0.25, -0.2) is 9.52 Å². The number of hydrogen-bond acceptors (Lipinski definition) is 4. The predicted octanol–water partition coefficient (Wildman–Crippen LogP) is 0.00760. The number of fused-ring (bicyclic) bond motifs is 1. The highest BCUT2D eigenvalue weighted by molar-refractivity contribution is 7.90. The number of oxazole rings is 1. The van der Waals surface area contributed by atoms with Crippen LogP contribution in [0.3, 0.4) is 0 Å². The zero-order valence-electron chi connectivity index (χ0n) is 9.22. The minimum atomic E-state index is -3.57. The summed E-state index contributed by atoms with van der Waals surface area (Å²) in [5, 5.41) is 0. The second kappa shape index (κ2) is 3.90. The van der Waals surface area contributed by atoms with Crippen molar-refractivity contribution in [1.29, 1.82) is 0 Å². The summed E-state index contributed by atoms with van der Waals surface area (Å²) >= 11 is 0. The monoisotopic (exact) mass is 257 g/mol. The average Bonchev–Trinajstić information content (AvgIpc) is 2.54. The van der Waals surface area contributed by atoms with E-state index in [2.05, 4.69) is 9.44 Å². The number of aromatic nitrogens is 1. The molecule has 0 bridgehead atoms. The van der Waals surface area contributed by atoms with Crippen LogP contribution in [0, 0.1) is 0 Å². The van der Waals surface area contributed by atoms with Crippen molar-refractivity contribution >= 4 is 27.0 Å². The van der Waals surface area contributed by atoms with Gasteiger partial charge in [-0.3, -0.25) is 9.29 Å². The van der Waals surface area contributed by atoms with Gasteiger partial charge in [0.25, 0.3) is 10.2 Å². The molecule has 1 aromatic carbocycles. The molecule has 2 aromatic rings. The summed E-state index contributed by atoms with van der Waals surface area (Å²) < 4.78 is 33.2. The van der Waals surface area contributed by atoms with Crippen molar-refractivity contribution in [3.63, 3.8) is 0 Å². The molecular weight excluding hydrogens is 246 g/mol. The van der Waals surface area contributed by atoms with E-state index in [-0.39, 0.29) is 0 Å². The Hall–Kier alpha value is -1.80. The number of nitrogens with zero attached hydrogens (tertiary/aromatic N) is 1. The van der Waals surface area contributed by atoms with E-state index in [0.29, 0.717) is 16.8 Å². The van der Waals surface area contributed by atoms with Gasteiger partial charge in [0, 0.05) is 20.2 Å². The number of benzene rings is 1. The van der Waals surface area contributed by atoms with E-state index in [9.17, 15) is 13.2 Å². The fourth-order valence-corrected chi connectivity index (χ4v) is 1.94. The van der Waals surface area contributed by atoms with Crippen LogP contribution in [-0.2, 0) is 17.3 Å². The maximum atomic E-state index is 11.3. The van der Waals surface area contributed by atoms with Gasteiger partial charge < -0.3 is 4.42 Å². The minimum Gasteiger partial charge on any atom is -0.408 e. The highest BCUT2D eigenvalue weighted by Gasteiger charge is 2.10. The first-order chi connectivity index (χ1) is 7.93. The van der Waals surface area contributed by atoms with Gasteiger partial charge in [-0.2, -0.15) is 8.42 Å². The van der Waals surface area contributed by atoms with Crippen molar-refractivity contribution in [2.24, 2.45) is 7.05 Å². The second-order valence-corrected chi connectivity index (χ2v) is 5.04. The molecule has 8 heteroatoms. The third-order valence-electron chi connectivity index (χ3n) is 2.31. The molecule has 7 nitrogen and oxygen atoms in total. The van der Waals surface area contributed by atoms with E-state index < -0.39 is 16.0 Å². The summed E-state index contributed by atoms with van der Waals surface area (Å²) in [5.41, 5.74) is 1.25.